The first-order chi connectivity index (χ1) is 9.35. The number of carbonyl (C=O) groups excluding carboxylic acids is 1. The number of rotatable bonds is 5. The average Bonchev–Trinajstić information content (AvgIpc) is 2.37. The number of hydrogen-bond donors (Lipinski definition) is 2. The highest BCUT2D eigenvalue weighted by molar-refractivity contribution is 5.96. The van der Waals surface area contributed by atoms with Gasteiger partial charge >= 0.3 is 5.97 Å². The molecule has 0 aromatic heterocycles. The molecule has 0 fully saturated rings. The zero-order chi connectivity index (χ0) is 15.3. The Bertz CT molecular complexity index is 594. The predicted molar refractivity (Wildman–Crippen MR) is 69.1 cm³/mol. The number of nitrogens with zero attached hydrogens (tertiary/aromatic N) is 1. The molecule has 0 aliphatic rings. The Morgan fingerprint density at radius 3 is 2.55 bits per heavy atom. The van der Waals surface area contributed by atoms with Gasteiger partial charge in [0.2, 0.25) is 5.91 Å². The van der Waals surface area contributed by atoms with Crippen LogP contribution in [0.25, 0.3) is 6.08 Å². The molecule has 0 saturated carbocycles. The number of non-ortho nitro benzene ring substituents is 1. The summed E-state index contributed by atoms with van der Waals surface area (Å²) in [6.45, 7) is 1.15. The lowest BCUT2D eigenvalue weighted by Crippen LogP contribution is -2.24. The zero-order valence-corrected chi connectivity index (χ0v) is 10.7. The van der Waals surface area contributed by atoms with Crippen molar-refractivity contribution < 1.29 is 24.4 Å². The van der Waals surface area contributed by atoms with Crippen LogP contribution in [-0.2, 0) is 9.59 Å². The summed E-state index contributed by atoms with van der Waals surface area (Å²) < 4.78 is 4.99. The smallest absolute Gasteiger partial charge is 0.352 e. The standard InChI is InChI=1S/C12H12N2O6/c1-7(15)13-10(12(16)17)6-8-5-9(14(18)19)3-4-11(8)20-2/h3-6H,1-2H3,(H,13,15)(H,16,17). The molecule has 0 radical (unpaired) electrons. The molecular weight excluding hydrogens is 268 g/mol. The molecule has 1 aromatic rings. The average molecular weight is 280 g/mol. The SMILES string of the molecule is COc1ccc([N+](=O)[O-])cc1C=C(NC(C)=O)C(=O)O. The number of carboxylic acids is 1. The molecule has 8 heteroatoms. The second kappa shape index (κ2) is 6.32. The van der Waals surface area contributed by atoms with Crippen LogP contribution in [0, 0.1) is 10.1 Å². The van der Waals surface area contributed by atoms with Crippen molar-refractivity contribution in [3.8, 4) is 5.75 Å². The van der Waals surface area contributed by atoms with E-state index in [4.69, 9.17) is 9.84 Å². The maximum absolute atomic E-state index is 11.0. The number of carboxylic acid groups (broad SMARTS) is 1. The van der Waals surface area contributed by atoms with Gasteiger partial charge in [-0.1, -0.05) is 0 Å². The molecule has 0 atom stereocenters. The van der Waals surface area contributed by atoms with Crippen LogP contribution in [0.3, 0.4) is 0 Å². The summed E-state index contributed by atoms with van der Waals surface area (Å²) in [5.74, 6) is -1.68. The second-order valence-corrected chi connectivity index (χ2v) is 3.73. The molecule has 1 amide bonds. The fourth-order valence-corrected chi connectivity index (χ4v) is 1.44. The highest BCUT2D eigenvalue weighted by Gasteiger charge is 2.14. The molecule has 106 valence electrons. The number of ether oxygens (including phenoxy) is 1. The van der Waals surface area contributed by atoms with Crippen LogP contribution < -0.4 is 10.1 Å². The first-order valence-corrected chi connectivity index (χ1v) is 5.40. The highest BCUT2D eigenvalue weighted by atomic mass is 16.6. The molecule has 1 rings (SSSR count). The third-order valence-corrected chi connectivity index (χ3v) is 2.27. The van der Waals surface area contributed by atoms with Gasteiger partial charge < -0.3 is 15.2 Å². The number of methoxy groups -OCH3 is 1. The molecule has 20 heavy (non-hydrogen) atoms. The lowest BCUT2D eigenvalue weighted by Gasteiger charge is -2.07. The molecule has 0 saturated heterocycles. The molecule has 1 aromatic carbocycles. The molecule has 0 unspecified atom stereocenters. The van der Waals surface area contributed by atoms with E-state index in [1.165, 1.54) is 19.2 Å². The van der Waals surface area contributed by atoms with Gasteiger partial charge in [0.1, 0.15) is 11.4 Å². The quantitative estimate of drug-likeness (QED) is 0.474. The zero-order valence-electron chi connectivity index (χ0n) is 10.7. The van der Waals surface area contributed by atoms with E-state index in [2.05, 4.69) is 5.32 Å². The topological polar surface area (TPSA) is 119 Å². The number of carbonyl (C=O) groups is 2. The van der Waals surface area contributed by atoms with Crippen LogP contribution in [0.15, 0.2) is 23.9 Å². The number of amides is 1. The Kier molecular flexibility index (Phi) is 4.79. The van der Waals surface area contributed by atoms with E-state index in [1.807, 2.05) is 0 Å². The van der Waals surface area contributed by atoms with E-state index in [9.17, 15) is 19.7 Å². The largest absolute Gasteiger partial charge is 0.496 e. The normalized spacial score (nSPS) is 10.8. The summed E-state index contributed by atoms with van der Waals surface area (Å²) >= 11 is 0. The van der Waals surface area contributed by atoms with Crippen LogP contribution in [-0.4, -0.2) is 29.0 Å². The minimum Gasteiger partial charge on any atom is -0.496 e. The van der Waals surface area contributed by atoms with Gasteiger partial charge in [-0.3, -0.25) is 14.9 Å². The van der Waals surface area contributed by atoms with Gasteiger partial charge in [-0.05, 0) is 12.1 Å². The van der Waals surface area contributed by atoms with E-state index in [0.717, 1.165) is 19.1 Å². The van der Waals surface area contributed by atoms with Gasteiger partial charge in [0.05, 0.1) is 12.0 Å². The van der Waals surface area contributed by atoms with Crippen LogP contribution in [0.4, 0.5) is 5.69 Å². The Morgan fingerprint density at radius 2 is 2.10 bits per heavy atom. The summed E-state index contributed by atoms with van der Waals surface area (Å²) in [5.41, 5.74) is -0.450. The van der Waals surface area contributed by atoms with Crippen molar-refractivity contribution >= 4 is 23.6 Å². The summed E-state index contributed by atoms with van der Waals surface area (Å²) in [5, 5.41) is 21.8. The number of aliphatic carboxylic acids is 1. The number of hydrogen-bond acceptors (Lipinski definition) is 5. The molecule has 0 bridgehead atoms. The van der Waals surface area contributed by atoms with Crippen LogP contribution >= 0.6 is 0 Å². The molecular formula is C12H12N2O6. The Morgan fingerprint density at radius 1 is 1.45 bits per heavy atom. The first-order valence-electron chi connectivity index (χ1n) is 5.40. The van der Waals surface area contributed by atoms with E-state index in [-0.39, 0.29) is 17.0 Å². The van der Waals surface area contributed by atoms with Crippen molar-refractivity contribution in [1.29, 1.82) is 0 Å². The van der Waals surface area contributed by atoms with Gasteiger partial charge in [0.15, 0.2) is 0 Å². The van der Waals surface area contributed by atoms with Crippen molar-refractivity contribution in [1.82, 2.24) is 5.32 Å². The van der Waals surface area contributed by atoms with Crippen molar-refractivity contribution in [2.24, 2.45) is 0 Å². The summed E-state index contributed by atoms with van der Waals surface area (Å²) in [6, 6.07) is 3.73. The lowest BCUT2D eigenvalue weighted by atomic mass is 10.1. The van der Waals surface area contributed by atoms with Gasteiger partial charge in [0, 0.05) is 24.6 Å². The number of benzene rings is 1. The lowest BCUT2D eigenvalue weighted by molar-refractivity contribution is -0.384. The maximum Gasteiger partial charge on any atom is 0.352 e. The van der Waals surface area contributed by atoms with E-state index < -0.39 is 22.5 Å². The van der Waals surface area contributed by atoms with Gasteiger partial charge in [-0.15, -0.1) is 0 Å². The van der Waals surface area contributed by atoms with Gasteiger partial charge in [-0.25, -0.2) is 4.79 Å². The van der Waals surface area contributed by atoms with E-state index >= 15 is 0 Å². The van der Waals surface area contributed by atoms with Gasteiger partial charge in [-0.2, -0.15) is 0 Å². The second-order valence-electron chi connectivity index (χ2n) is 3.73. The van der Waals surface area contributed by atoms with Crippen molar-refractivity contribution in [3.05, 3.63) is 39.6 Å². The van der Waals surface area contributed by atoms with Gasteiger partial charge in [0.25, 0.3) is 5.69 Å². The number of nitrogens with one attached hydrogen (secondary N) is 1. The first kappa shape index (κ1) is 15.2. The monoisotopic (exact) mass is 280 g/mol. The third-order valence-electron chi connectivity index (χ3n) is 2.27. The molecule has 0 aliphatic carbocycles. The minimum atomic E-state index is -1.37. The van der Waals surface area contributed by atoms with Crippen LogP contribution in [0.5, 0.6) is 5.75 Å². The minimum absolute atomic E-state index is 0.174. The van der Waals surface area contributed by atoms with E-state index in [1.54, 1.807) is 0 Å². The summed E-state index contributed by atoms with van der Waals surface area (Å²) in [6.07, 6.45) is 1.09. The summed E-state index contributed by atoms with van der Waals surface area (Å²) in [7, 11) is 1.34. The molecule has 0 heterocycles. The molecule has 2 N–H and O–H groups in total. The summed E-state index contributed by atoms with van der Waals surface area (Å²) in [4.78, 5) is 32.0. The predicted octanol–water partition coefficient (Wildman–Crippen LogP) is 1.16. The third kappa shape index (κ3) is 3.80. The Hall–Kier alpha value is -2.90. The highest BCUT2D eigenvalue weighted by Crippen LogP contribution is 2.25. The van der Waals surface area contributed by atoms with Crippen LogP contribution in [0.2, 0.25) is 0 Å². The Balaban J connectivity index is 3.33. The fourth-order valence-electron chi connectivity index (χ4n) is 1.44. The molecule has 0 spiro atoms. The van der Waals surface area contributed by atoms with E-state index in [0.29, 0.717) is 0 Å². The Labute approximate surface area is 113 Å². The van der Waals surface area contributed by atoms with Crippen LogP contribution in [0.1, 0.15) is 12.5 Å². The fraction of sp³-hybridized carbons (Fsp3) is 0.167. The number of nitro benzene ring substituents is 1. The van der Waals surface area contributed by atoms with Crippen molar-refractivity contribution in [3.63, 3.8) is 0 Å². The van der Waals surface area contributed by atoms with Crippen molar-refractivity contribution in [2.75, 3.05) is 7.11 Å². The maximum atomic E-state index is 11.0. The molecule has 8 nitrogen and oxygen atoms in total. The van der Waals surface area contributed by atoms with Crippen molar-refractivity contribution in [2.45, 2.75) is 6.92 Å². The number of nitro groups is 1. The molecule has 0 aliphatic heterocycles.